The van der Waals surface area contributed by atoms with Gasteiger partial charge in [0.05, 0.1) is 20.1 Å². The van der Waals surface area contributed by atoms with Gasteiger partial charge in [0.25, 0.3) is 0 Å². The van der Waals surface area contributed by atoms with Gasteiger partial charge in [0.2, 0.25) is 5.88 Å². The molecule has 2 aliphatic rings. The first-order valence-corrected chi connectivity index (χ1v) is 10.6. The number of nitrogens with two attached hydrogens (primary N) is 1. The molecule has 2 aromatic carbocycles. The number of hydrogen-bond acceptors (Lipinski definition) is 6. The number of benzene rings is 2. The molecule has 1 atom stereocenters. The fourth-order valence-electron chi connectivity index (χ4n) is 4.24. The number of hydrogen-bond donors (Lipinski definition) is 1. The van der Waals surface area contributed by atoms with Crippen molar-refractivity contribution in [3.05, 3.63) is 88.0 Å². The number of ether oxygens (including phenoxy) is 3. The molecule has 0 saturated carbocycles. The maximum Gasteiger partial charge on any atom is 0.205 e. The Kier molecular flexibility index (Phi) is 6.20. The fraction of sp³-hybridized carbons (Fsp3) is 0.269. The highest BCUT2D eigenvalue weighted by atomic mass is 16.5. The van der Waals surface area contributed by atoms with E-state index in [2.05, 4.69) is 24.0 Å². The lowest BCUT2D eigenvalue weighted by Gasteiger charge is -2.38. The Balaban J connectivity index is 1.82. The molecule has 0 spiro atoms. The van der Waals surface area contributed by atoms with E-state index in [-0.39, 0.29) is 11.8 Å². The van der Waals surface area contributed by atoms with E-state index < -0.39 is 0 Å². The van der Waals surface area contributed by atoms with E-state index in [1.165, 1.54) is 0 Å². The number of allylic oxidation sites excluding steroid dienone is 1. The van der Waals surface area contributed by atoms with Gasteiger partial charge < -0.3 is 19.9 Å². The molecule has 0 amide bonds. The summed E-state index contributed by atoms with van der Waals surface area (Å²) in [5, 5.41) is 9.90. The van der Waals surface area contributed by atoms with E-state index in [9.17, 15) is 5.26 Å². The van der Waals surface area contributed by atoms with Gasteiger partial charge in [0.15, 0.2) is 0 Å². The van der Waals surface area contributed by atoms with Gasteiger partial charge in [0.1, 0.15) is 28.9 Å². The number of nitrogens with zero attached hydrogens (tertiary/aromatic N) is 2. The topological polar surface area (TPSA) is 80.7 Å². The van der Waals surface area contributed by atoms with E-state index in [0.29, 0.717) is 12.1 Å². The van der Waals surface area contributed by atoms with Gasteiger partial charge >= 0.3 is 0 Å². The standard InChI is InChI=1S/C26H27N3O3/c1-4-29-15-19(13-17-5-9-20(30-2)10-6-17)25-23(16-29)24(22(14-27)26(28)32-25)18-7-11-21(31-3)12-8-18/h5-13,24H,4,15-16,28H2,1-3H3. The Morgan fingerprint density at radius 2 is 1.69 bits per heavy atom. The summed E-state index contributed by atoms with van der Waals surface area (Å²) in [5.41, 5.74) is 10.8. The molecule has 32 heavy (non-hydrogen) atoms. The molecular formula is C26H27N3O3. The minimum atomic E-state index is -0.261. The summed E-state index contributed by atoms with van der Waals surface area (Å²) in [6, 6.07) is 18.0. The summed E-state index contributed by atoms with van der Waals surface area (Å²) >= 11 is 0. The third kappa shape index (κ3) is 4.08. The molecule has 4 rings (SSSR count). The van der Waals surface area contributed by atoms with Crippen LogP contribution >= 0.6 is 0 Å². The Hall–Kier alpha value is -3.69. The molecule has 1 unspecified atom stereocenters. The molecular weight excluding hydrogens is 402 g/mol. The average Bonchev–Trinajstić information content (AvgIpc) is 2.84. The molecule has 0 aliphatic carbocycles. The zero-order valence-corrected chi connectivity index (χ0v) is 18.6. The molecule has 0 saturated heterocycles. The third-order valence-electron chi connectivity index (χ3n) is 5.96. The maximum atomic E-state index is 9.90. The van der Waals surface area contributed by atoms with Crippen molar-refractivity contribution >= 4 is 6.08 Å². The van der Waals surface area contributed by atoms with Crippen LogP contribution < -0.4 is 15.2 Å². The van der Waals surface area contributed by atoms with Crippen LogP contribution in [0.4, 0.5) is 0 Å². The van der Waals surface area contributed by atoms with Crippen molar-refractivity contribution in [3.8, 4) is 17.6 Å². The predicted octanol–water partition coefficient (Wildman–Crippen LogP) is 4.18. The highest BCUT2D eigenvalue weighted by Gasteiger charge is 2.37. The molecule has 2 aliphatic heterocycles. The first-order valence-electron chi connectivity index (χ1n) is 10.6. The minimum absolute atomic E-state index is 0.164. The van der Waals surface area contributed by atoms with Crippen LogP contribution in [0.2, 0.25) is 0 Å². The van der Waals surface area contributed by atoms with Crippen LogP contribution in [0.5, 0.6) is 11.5 Å². The van der Waals surface area contributed by atoms with Crippen molar-refractivity contribution in [1.29, 1.82) is 5.26 Å². The van der Waals surface area contributed by atoms with Gasteiger partial charge in [-0.25, -0.2) is 0 Å². The number of nitriles is 1. The lowest BCUT2D eigenvalue weighted by Crippen LogP contribution is -2.38. The fourth-order valence-corrected chi connectivity index (χ4v) is 4.24. The van der Waals surface area contributed by atoms with Crippen LogP contribution in [0.1, 0.15) is 24.0 Å². The van der Waals surface area contributed by atoms with Crippen LogP contribution in [0, 0.1) is 11.3 Å². The molecule has 0 aromatic heterocycles. The van der Waals surface area contributed by atoms with E-state index in [1.807, 2.05) is 48.5 Å². The Labute approximate surface area is 188 Å². The van der Waals surface area contributed by atoms with E-state index in [0.717, 1.165) is 52.6 Å². The molecule has 0 bridgehead atoms. The largest absolute Gasteiger partial charge is 0.497 e. The highest BCUT2D eigenvalue weighted by molar-refractivity contribution is 5.63. The van der Waals surface area contributed by atoms with Crippen LogP contribution in [0.15, 0.2) is 76.9 Å². The van der Waals surface area contributed by atoms with E-state index in [4.69, 9.17) is 19.9 Å². The molecule has 2 N–H and O–H groups in total. The first kappa shape index (κ1) is 21.5. The second kappa shape index (κ2) is 9.21. The van der Waals surface area contributed by atoms with Gasteiger partial charge in [-0.15, -0.1) is 0 Å². The molecule has 6 nitrogen and oxygen atoms in total. The Morgan fingerprint density at radius 3 is 2.25 bits per heavy atom. The van der Waals surface area contributed by atoms with Crippen molar-refractivity contribution in [1.82, 2.24) is 4.90 Å². The van der Waals surface area contributed by atoms with Crippen LogP contribution in [0.3, 0.4) is 0 Å². The summed E-state index contributed by atoms with van der Waals surface area (Å²) in [6.45, 7) is 4.47. The monoisotopic (exact) mass is 429 g/mol. The van der Waals surface area contributed by atoms with E-state index in [1.54, 1.807) is 14.2 Å². The van der Waals surface area contributed by atoms with Crippen LogP contribution in [-0.4, -0.2) is 38.8 Å². The lowest BCUT2D eigenvalue weighted by atomic mass is 9.80. The highest BCUT2D eigenvalue weighted by Crippen LogP contribution is 2.44. The predicted molar refractivity (Wildman–Crippen MR) is 124 cm³/mol. The van der Waals surface area contributed by atoms with Crippen molar-refractivity contribution in [2.45, 2.75) is 12.8 Å². The normalized spacial score (nSPS) is 19.9. The third-order valence-corrected chi connectivity index (χ3v) is 5.96. The first-order chi connectivity index (χ1) is 15.6. The SMILES string of the molecule is CCN1CC(=Cc2ccc(OC)cc2)C2=C(C1)C(c1ccc(OC)cc1)C(C#N)=C(N)O2. The van der Waals surface area contributed by atoms with E-state index >= 15 is 0 Å². The summed E-state index contributed by atoms with van der Waals surface area (Å²) in [7, 11) is 3.29. The van der Waals surface area contributed by atoms with Crippen LogP contribution in [-0.2, 0) is 4.74 Å². The number of likely N-dealkylation sites (N-methyl/N-ethyl adjacent to an activating group) is 1. The lowest BCUT2D eigenvalue weighted by molar-refractivity contribution is 0.239. The Bertz CT molecular complexity index is 1120. The molecule has 6 heteroatoms. The molecule has 2 heterocycles. The summed E-state index contributed by atoms with van der Waals surface area (Å²) in [5.74, 6) is 2.25. The summed E-state index contributed by atoms with van der Waals surface area (Å²) in [6.07, 6.45) is 2.12. The van der Waals surface area contributed by atoms with Gasteiger partial charge in [-0.05, 0) is 53.6 Å². The average molecular weight is 430 g/mol. The minimum Gasteiger partial charge on any atom is -0.497 e. The van der Waals surface area contributed by atoms with Crippen molar-refractivity contribution in [2.24, 2.45) is 5.73 Å². The zero-order valence-electron chi connectivity index (χ0n) is 18.6. The van der Waals surface area contributed by atoms with Gasteiger partial charge in [0, 0.05) is 18.7 Å². The van der Waals surface area contributed by atoms with Crippen molar-refractivity contribution < 1.29 is 14.2 Å². The molecule has 2 aromatic rings. The van der Waals surface area contributed by atoms with Gasteiger partial charge in [-0.3, -0.25) is 4.90 Å². The summed E-state index contributed by atoms with van der Waals surface area (Å²) in [4.78, 5) is 2.34. The second-order valence-electron chi connectivity index (χ2n) is 7.80. The van der Waals surface area contributed by atoms with Crippen LogP contribution in [0.25, 0.3) is 6.08 Å². The van der Waals surface area contributed by atoms with Gasteiger partial charge in [-0.1, -0.05) is 31.2 Å². The molecule has 164 valence electrons. The Morgan fingerprint density at radius 1 is 1.06 bits per heavy atom. The molecule has 0 radical (unpaired) electrons. The maximum absolute atomic E-state index is 9.90. The van der Waals surface area contributed by atoms with Crippen molar-refractivity contribution in [3.63, 3.8) is 0 Å². The smallest absolute Gasteiger partial charge is 0.205 e. The van der Waals surface area contributed by atoms with Crippen molar-refractivity contribution in [2.75, 3.05) is 33.9 Å². The van der Waals surface area contributed by atoms with Gasteiger partial charge in [-0.2, -0.15) is 5.26 Å². The quantitative estimate of drug-likeness (QED) is 0.768. The molecule has 0 fully saturated rings. The number of rotatable bonds is 5. The second-order valence-corrected chi connectivity index (χ2v) is 7.80. The summed E-state index contributed by atoms with van der Waals surface area (Å²) < 4.78 is 16.7. The zero-order chi connectivity index (χ0) is 22.7. The number of methoxy groups -OCH3 is 2.